The molecule has 1 fully saturated rings. The zero-order valence-corrected chi connectivity index (χ0v) is 10.6. The summed E-state index contributed by atoms with van der Waals surface area (Å²) in [5.74, 6) is 0.563. The predicted molar refractivity (Wildman–Crippen MR) is 69.7 cm³/mol. The van der Waals surface area contributed by atoms with Gasteiger partial charge in [0.25, 0.3) is 0 Å². The highest BCUT2D eigenvalue weighted by molar-refractivity contribution is 5.69. The van der Waals surface area contributed by atoms with Crippen LogP contribution in [0.4, 0.5) is 0 Å². The van der Waals surface area contributed by atoms with Gasteiger partial charge in [-0.05, 0) is 18.8 Å². The van der Waals surface area contributed by atoms with Gasteiger partial charge < -0.3 is 4.74 Å². The number of esters is 1. The minimum Gasteiger partial charge on any atom is -0.469 e. The lowest BCUT2D eigenvalue weighted by atomic mass is 9.87. The number of rotatable bonds is 2. The molecule has 2 nitrogen and oxygen atoms in total. The van der Waals surface area contributed by atoms with Crippen molar-refractivity contribution in [2.24, 2.45) is 5.92 Å². The van der Waals surface area contributed by atoms with Crippen LogP contribution in [0.15, 0.2) is 36.4 Å². The summed E-state index contributed by atoms with van der Waals surface area (Å²) in [4.78, 5) is 10.9. The Balaban J connectivity index is 0.000000202. The lowest BCUT2D eigenvalue weighted by molar-refractivity contribution is -0.141. The highest BCUT2D eigenvalue weighted by atomic mass is 16.5. The second kappa shape index (κ2) is 8.80. The van der Waals surface area contributed by atoms with E-state index >= 15 is 0 Å². The molecule has 0 heterocycles. The summed E-state index contributed by atoms with van der Waals surface area (Å²) >= 11 is 0. The molecular weight excluding hydrogens is 212 g/mol. The molecule has 94 valence electrons. The maximum absolute atomic E-state index is 10.9. The summed E-state index contributed by atoms with van der Waals surface area (Å²) in [6, 6.07) is 12.0. The SMILES string of the molecule is COC(=O)CC1CCCCC1.c1ccccc1. The third-order valence-electron chi connectivity index (χ3n) is 3.07. The molecule has 1 aromatic rings. The van der Waals surface area contributed by atoms with Crippen LogP contribution < -0.4 is 0 Å². The summed E-state index contributed by atoms with van der Waals surface area (Å²) in [7, 11) is 1.46. The van der Waals surface area contributed by atoms with Gasteiger partial charge in [0.05, 0.1) is 7.11 Å². The second-order valence-corrected chi connectivity index (χ2v) is 4.44. The molecule has 1 saturated carbocycles. The van der Waals surface area contributed by atoms with Gasteiger partial charge in [-0.15, -0.1) is 0 Å². The number of hydrogen-bond acceptors (Lipinski definition) is 2. The van der Waals surface area contributed by atoms with Crippen LogP contribution in [0, 0.1) is 5.92 Å². The van der Waals surface area contributed by atoms with Crippen LogP contribution in [-0.2, 0) is 9.53 Å². The van der Waals surface area contributed by atoms with Gasteiger partial charge >= 0.3 is 5.97 Å². The molecule has 0 spiro atoms. The number of benzene rings is 1. The average molecular weight is 234 g/mol. The minimum atomic E-state index is -0.0445. The minimum absolute atomic E-state index is 0.0445. The Morgan fingerprint density at radius 3 is 1.88 bits per heavy atom. The van der Waals surface area contributed by atoms with Crippen LogP contribution in [0.3, 0.4) is 0 Å². The molecule has 0 bridgehead atoms. The van der Waals surface area contributed by atoms with Crippen molar-refractivity contribution in [3.63, 3.8) is 0 Å². The van der Waals surface area contributed by atoms with E-state index in [1.54, 1.807) is 0 Å². The van der Waals surface area contributed by atoms with Gasteiger partial charge in [-0.2, -0.15) is 0 Å². The molecule has 0 unspecified atom stereocenters. The molecule has 1 aromatic carbocycles. The molecular formula is C15H22O2. The Morgan fingerprint density at radius 1 is 1.00 bits per heavy atom. The number of ether oxygens (including phenoxy) is 1. The molecule has 2 rings (SSSR count). The van der Waals surface area contributed by atoms with E-state index in [1.807, 2.05) is 36.4 Å². The first kappa shape index (κ1) is 13.8. The first-order chi connectivity index (χ1) is 8.33. The monoisotopic (exact) mass is 234 g/mol. The molecule has 1 aliphatic rings. The normalized spacial score (nSPS) is 15.6. The first-order valence-corrected chi connectivity index (χ1v) is 6.39. The van der Waals surface area contributed by atoms with Crippen molar-refractivity contribution < 1.29 is 9.53 Å². The van der Waals surface area contributed by atoms with Crippen molar-refractivity contribution in [1.29, 1.82) is 0 Å². The van der Waals surface area contributed by atoms with Crippen LogP contribution in [0.5, 0.6) is 0 Å². The molecule has 0 aliphatic heterocycles. The van der Waals surface area contributed by atoms with Crippen molar-refractivity contribution in [3.8, 4) is 0 Å². The van der Waals surface area contributed by atoms with Gasteiger partial charge in [-0.1, -0.05) is 55.7 Å². The molecule has 0 radical (unpaired) electrons. The third-order valence-corrected chi connectivity index (χ3v) is 3.07. The molecule has 0 atom stereocenters. The fourth-order valence-corrected chi connectivity index (χ4v) is 2.10. The third kappa shape index (κ3) is 6.77. The molecule has 0 amide bonds. The first-order valence-electron chi connectivity index (χ1n) is 6.39. The van der Waals surface area contributed by atoms with E-state index in [0.29, 0.717) is 12.3 Å². The van der Waals surface area contributed by atoms with Crippen molar-refractivity contribution >= 4 is 5.97 Å². The number of methoxy groups -OCH3 is 1. The lowest BCUT2D eigenvalue weighted by Gasteiger charge is -2.19. The standard InChI is InChI=1S/C9H16O2.C6H6/c1-11-9(10)7-8-5-3-2-4-6-8;1-2-4-6-5-3-1/h8H,2-7H2,1H3;1-6H. The van der Waals surface area contributed by atoms with E-state index < -0.39 is 0 Å². The highest BCUT2D eigenvalue weighted by Gasteiger charge is 2.16. The van der Waals surface area contributed by atoms with Gasteiger partial charge in [-0.25, -0.2) is 0 Å². The summed E-state index contributed by atoms with van der Waals surface area (Å²) < 4.78 is 4.61. The van der Waals surface area contributed by atoms with E-state index in [9.17, 15) is 4.79 Å². The van der Waals surface area contributed by atoms with Crippen LogP contribution in [0.2, 0.25) is 0 Å². The predicted octanol–water partition coefficient (Wildman–Crippen LogP) is 3.82. The molecule has 1 aliphatic carbocycles. The zero-order valence-electron chi connectivity index (χ0n) is 10.6. The van der Waals surface area contributed by atoms with Gasteiger partial charge in [-0.3, -0.25) is 4.79 Å². The number of hydrogen-bond donors (Lipinski definition) is 0. The lowest BCUT2D eigenvalue weighted by Crippen LogP contribution is -2.12. The highest BCUT2D eigenvalue weighted by Crippen LogP contribution is 2.26. The van der Waals surface area contributed by atoms with Crippen LogP contribution >= 0.6 is 0 Å². The fourth-order valence-electron chi connectivity index (χ4n) is 2.10. The zero-order chi connectivity index (χ0) is 12.3. The van der Waals surface area contributed by atoms with E-state index in [4.69, 9.17) is 0 Å². The molecule has 0 N–H and O–H groups in total. The van der Waals surface area contributed by atoms with Crippen molar-refractivity contribution in [2.75, 3.05) is 7.11 Å². The number of carbonyl (C=O) groups is 1. The van der Waals surface area contributed by atoms with Crippen LogP contribution in [0.1, 0.15) is 38.5 Å². The van der Waals surface area contributed by atoms with Gasteiger partial charge in [0.1, 0.15) is 0 Å². The number of carbonyl (C=O) groups excluding carboxylic acids is 1. The summed E-state index contributed by atoms with van der Waals surface area (Å²) in [6.07, 6.45) is 7.00. The van der Waals surface area contributed by atoms with Gasteiger partial charge in [0, 0.05) is 6.42 Å². The quantitative estimate of drug-likeness (QED) is 0.727. The maximum Gasteiger partial charge on any atom is 0.305 e. The molecule has 2 heteroatoms. The van der Waals surface area contributed by atoms with Crippen molar-refractivity contribution in [1.82, 2.24) is 0 Å². The fraction of sp³-hybridized carbons (Fsp3) is 0.533. The molecule has 17 heavy (non-hydrogen) atoms. The van der Waals surface area contributed by atoms with E-state index in [2.05, 4.69) is 4.74 Å². The Kier molecular flexibility index (Phi) is 7.12. The van der Waals surface area contributed by atoms with Gasteiger partial charge in [0.2, 0.25) is 0 Å². The Bertz CT molecular complexity index is 262. The Hall–Kier alpha value is -1.31. The molecule has 0 saturated heterocycles. The molecule has 0 aromatic heterocycles. The van der Waals surface area contributed by atoms with Crippen LogP contribution in [0.25, 0.3) is 0 Å². The van der Waals surface area contributed by atoms with E-state index in [0.717, 1.165) is 0 Å². The summed E-state index contributed by atoms with van der Waals surface area (Å²) in [6.45, 7) is 0. The van der Waals surface area contributed by atoms with Gasteiger partial charge in [0.15, 0.2) is 0 Å². The second-order valence-electron chi connectivity index (χ2n) is 4.44. The Labute approximate surface area is 104 Å². The van der Waals surface area contributed by atoms with Crippen LogP contribution in [-0.4, -0.2) is 13.1 Å². The maximum atomic E-state index is 10.9. The van der Waals surface area contributed by atoms with Crippen molar-refractivity contribution in [2.45, 2.75) is 38.5 Å². The smallest absolute Gasteiger partial charge is 0.305 e. The average Bonchev–Trinajstić information content (AvgIpc) is 2.42. The topological polar surface area (TPSA) is 26.3 Å². The Morgan fingerprint density at radius 2 is 1.47 bits per heavy atom. The largest absolute Gasteiger partial charge is 0.469 e. The summed E-state index contributed by atoms with van der Waals surface area (Å²) in [5, 5.41) is 0. The summed E-state index contributed by atoms with van der Waals surface area (Å²) in [5.41, 5.74) is 0. The van der Waals surface area contributed by atoms with Crippen molar-refractivity contribution in [3.05, 3.63) is 36.4 Å². The van der Waals surface area contributed by atoms with E-state index in [-0.39, 0.29) is 5.97 Å². The van der Waals surface area contributed by atoms with E-state index in [1.165, 1.54) is 39.2 Å².